The summed E-state index contributed by atoms with van der Waals surface area (Å²) < 4.78 is 5.18. The van der Waals surface area contributed by atoms with Crippen LogP contribution in [0.1, 0.15) is 31.7 Å². The maximum Gasteiger partial charge on any atom is 0.308 e. The zero-order valence-electron chi connectivity index (χ0n) is 11.1. The molecule has 0 saturated carbocycles. The lowest BCUT2D eigenvalue weighted by atomic mass is 10.1. The first-order valence-electron chi connectivity index (χ1n) is 6.40. The van der Waals surface area contributed by atoms with Crippen molar-refractivity contribution in [3.05, 3.63) is 17.5 Å². The third-order valence-electron chi connectivity index (χ3n) is 3.14. The number of carbonyl (C=O) groups is 2. The highest BCUT2D eigenvalue weighted by atomic mass is 16.5. The fourth-order valence-corrected chi connectivity index (χ4v) is 2.22. The van der Waals surface area contributed by atoms with E-state index in [1.165, 1.54) is 4.90 Å². The zero-order valence-corrected chi connectivity index (χ0v) is 11.1. The first-order chi connectivity index (χ1) is 8.95. The molecule has 19 heavy (non-hydrogen) atoms. The topological polar surface area (TPSA) is 83.6 Å². The number of nitrogens with zero attached hydrogens (tertiary/aromatic N) is 2. The van der Waals surface area contributed by atoms with Gasteiger partial charge in [0.1, 0.15) is 0 Å². The average molecular weight is 266 g/mol. The summed E-state index contributed by atoms with van der Waals surface area (Å²) in [5.74, 6) is -0.577. The summed E-state index contributed by atoms with van der Waals surface area (Å²) in [5, 5.41) is 12.9. The van der Waals surface area contributed by atoms with Crippen LogP contribution in [0.25, 0.3) is 0 Å². The Morgan fingerprint density at radius 3 is 2.95 bits per heavy atom. The maximum atomic E-state index is 11.7. The average Bonchev–Trinajstić information content (AvgIpc) is 2.87. The molecular formula is C13H18N2O4. The van der Waals surface area contributed by atoms with Gasteiger partial charge in [-0.15, -0.1) is 0 Å². The van der Waals surface area contributed by atoms with Crippen molar-refractivity contribution in [3.8, 4) is 0 Å². The third-order valence-corrected chi connectivity index (χ3v) is 3.14. The van der Waals surface area contributed by atoms with Gasteiger partial charge in [-0.1, -0.05) is 19.0 Å². The van der Waals surface area contributed by atoms with E-state index >= 15 is 0 Å². The highest BCUT2D eigenvalue weighted by Crippen LogP contribution is 2.21. The van der Waals surface area contributed by atoms with Crippen molar-refractivity contribution in [3.63, 3.8) is 0 Å². The lowest BCUT2D eigenvalue weighted by Crippen LogP contribution is -2.25. The molecule has 1 aliphatic rings. The van der Waals surface area contributed by atoms with E-state index < -0.39 is 11.9 Å². The predicted molar refractivity (Wildman–Crippen MR) is 66.2 cm³/mol. The van der Waals surface area contributed by atoms with Crippen LogP contribution in [-0.4, -0.2) is 33.6 Å². The van der Waals surface area contributed by atoms with Gasteiger partial charge < -0.3 is 14.5 Å². The Morgan fingerprint density at radius 1 is 1.63 bits per heavy atom. The molecule has 1 aliphatic heterocycles. The second-order valence-corrected chi connectivity index (χ2v) is 5.40. The van der Waals surface area contributed by atoms with Gasteiger partial charge in [-0.3, -0.25) is 9.59 Å². The van der Waals surface area contributed by atoms with Gasteiger partial charge in [0.15, 0.2) is 5.76 Å². The van der Waals surface area contributed by atoms with Crippen molar-refractivity contribution < 1.29 is 19.2 Å². The minimum absolute atomic E-state index is 0.0717. The number of hydrogen-bond acceptors (Lipinski definition) is 4. The second-order valence-electron chi connectivity index (χ2n) is 5.40. The normalized spacial score (nSPS) is 19.4. The van der Waals surface area contributed by atoms with Crippen LogP contribution in [0, 0.1) is 11.8 Å². The van der Waals surface area contributed by atoms with Crippen LogP contribution >= 0.6 is 0 Å². The molecule has 1 aromatic rings. The van der Waals surface area contributed by atoms with E-state index in [4.69, 9.17) is 9.63 Å². The molecule has 6 nitrogen and oxygen atoms in total. The smallest absolute Gasteiger partial charge is 0.308 e. The maximum absolute atomic E-state index is 11.7. The summed E-state index contributed by atoms with van der Waals surface area (Å²) in [7, 11) is 0. The Hall–Kier alpha value is -1.85. The molecule has 1 aromatic heterocycles. The summed E-state index contributed by atoms with van der Waals surface area (Å²) in [6.45, 7) is 4.73. The molecule has 6 heteroatoms. The Morgan fingerprint density at radius 2 is 2.37 bits per heavy atom. The number of aromatic nitrogens is 1. The van der Waals surface area contributed by atoms with E-state index in [0.717, 1.165) is 12.1 Å². The Labute approximate surface area is 111 Å². The molecule has 1 amide bonds. The van der Waals surface area contributed by atoms with Gasteiger partial charge in [-0.25, -0.2) is 0 Å². The van der Waals surface area contributed by atoms with Crippen LogP contribution in [0.2, 0.25) is 0 Å². The lowest BCUT2D eigenvalue weighted by molar-refractivity contribution is -0.141. The molecule has 1 unspecified atom stereocenters. The van der Waals surface area contributed by atoms with Gasteiger partial charge in [-0.2, -0.15) is 0 Å². The molecular weight excluding hydrogens is 248 g/mol. The molecule has 0 aromatic carbocycles. The molecule has 2 rings (SSSR count). The molecule has 104 valence electrons. The van der Waals surface area contributed by atoms with Gasteiger partial charge in [-0.05, 0) is 12.3 Å². The summed E-state index contributed by atoms with van der Waals surface area (Å²) >= 11 is 0. The number of hydrogen-bond donors (Lipinski definition) is 1. The van der Waals surface area contributed by atoms with Crippen molar-refractivity contribution in [1.82, 2.24) is 10.1 Å². The van der Waals surface area contributed by atoms with E-state index in [-0.39, 0.29) is 18.9 Å². The van der Waals surface area contributed by atoms with Crippen molar-refractivity contribution in [2.24, 2.45) is 11.8 Å². The minimum Gasteiger partial charge on any atom is -0.481 e. The number of rotatable bonds is 5. The van der Waals surface area contributed by atoms with Crippen LogP contribution < -0.4 is 0 Å². The largest absolute Gasteiger partial charge is 0.481 e. The number of carboxylic acids is 1. The van der Waals surface area contributed by atoms with E-state index in [2.05, 4.69) is 19.0 Å². The number of aliphatic carboxylic acids is 1. The predicted octanol–water partition coefficient (Wildman–Crippen LogP) is 1.31. The van der Waals surface area contributed by atoms with Gasteiger partial charge in [0, 0.05) is 19.0 Å². The van der Waals surface area contributed by atoms with Crippen molar-refractivity contribution in [2.75, 3.05) is 6.54 Å². The molecule has 0 spiro atoms. The summed E-state index contributed by atoms with van der Waals surface area (Å²) in [6, 6.07) is 1.83. The standard InChI is InChI=1S/C13H18N2O4/c1-8(2)3-10-5-11(19-14-10)7-15-6-9(13(17)18)4-12(15)16/h5,8-9H,3-4,6-7H2,1-2H3,(H,17,18). The van der Waals surface area contributed by atoms with Crippen LogP contribution in [0.4, 0.5) is 0 Å². The Bertz CT molecular complexity index is 481. The number of likely N-dealkylation sites (tertiary alicyclic amines) is 1. The monoisotopic (exact) mass is 266 g/mol. The van der Waals surface area contributed by atoms with Crippen molar-refractivity contribution in [1.29, 1.82) is 0 Å². The SMILES string of the molecule is CC(C)Cc1cc(CN2CC(C(=O)O)CC2=O)on1. The quantitative estimate of drug-likeness (QED) is 0.868. The zero-order chi connectivity index (χ0) is 14.0. The second kappa shape index (κ2) is 5.42. The fraction of sp³-hybridized carbons (Fsp3) is 0.615. The summed E-state index contributed by atoms with van der Waals surface area (Å²) in [5.41, 5.74) is 0.867. The first kappa shape index (κ1) is 13.6. The fourth-order valence-electron chi connectivity index (χ4n) is 2.22. The number of carbonyl (C=O) groups excluding carboxylic acids is 1. The van der Waals surface area contributed by atoms with Crippen LogP contribution in [0.3, 0.4) is 0 Å². The van der Waals surface area contributed by atoms with E-state index in [1.54, 1.807) is 0 Å². The highest BCUT2D eigenvalue weighted by molar-refractivity contribution is 5.85. The number of carboxylic acid groups (broad SMARTS) is 1. The first-order valence-corrected chi connectivity index (χ1v) is 6.40. The molecule has 0 aliphatic carbocycles. The van der Waals surface area contributed by atoms with E-state index in [1.807, 2.05) is 6.07 Å². The molecule has 1 saturated heterocycles. The molecule has 1 atom stereocenters. The van der Waals surface area contributed by atoms with Crippen LogP contribution in [0.15, 0.2) is 10.6 Å². The minimum atomic E-state index is -0.922. The summed E-state index contributed by atoms with van der Waals surface area (Å²) in [4.78, 5) is 24.0. The summed E-state index contributed by atoms with van der Waals surface area (Å²) in [6.07, 6.45) is 0.900. The highest BCUT2D eigenvalue weighted by Gasteiger charge is 2.34. The molecule has 2 heterocycles. The number of amides is 1. The van der Waals surface area contributed by atoms with Crippen molar-refractivity contribution >= 4 is 11.9 Å². The third kappa shape index (κ3) is 3.33. The van der Waals surface area contributed by atoms with Gasteiger partial charge in [0.25, 0.3) is 0 Å². The van der Waals surface area contributed by atoms with Gasteiger partial charge in [0.05, 0.1) is 18.2 Å². The molecule has 0 radical (unpaired) electrons. The molecule has 1 fully saturated rings. The van der Waals surface area contributed by atoms with Crippen LogP contribution in [-0.2, 0) is 22.6 Å². The van der Waals surface area contributed by atoms with Crippen molar-refractivity contribution in [2.45, 2.75) is 33.2 Å². The molecule has 1 N–H and O–H groups in total. The van der Waals surface area contributed by atoms with E-state index in [0.29, 0.717) is 18.2 Å². The lowest BCUT2D eigenvalue weighted by Gasteiger charge is -2.13. The van der Waals surface area contributed by atoms with Gasteiger partial charge >= 0.3 is 5.97 Å². The van der Waals surface area contributed by atoms with E-state index in [9.17, 15) is 9.59 Å². The van der Waals surface area contributed by atoms with Crippen LogP contribution in [0.5, 0.6) is 0 Å². The molecule has 0 bridgehead atoms. The Kier molecular flexibility index (Phi) is 3.87. The van der Waals surface area contributed by atoms with Gasteiger partial charge in [0.2, 0.25) is 5.91 Å². The Balaban J connectivity index is 1.96.